The van der Waals surface area contributed by atoms with Crippen LogP contribution in [-0.2, 0) is 4.79 Å². The van der Waals surface area contributed by atoms with Gasteiger partial charge in [0.05, 0.1) is 12.1 Å². The molecule has 1 unspecified atom stereocenters. The Morgan fingerprint density at radius 1 is 1.75 bits per heavy atom. The average molecular weight is 234 g/mol. The molecule has 1 aliphatic rings. The summed E-state index contributed by atoms with van der Waals surface area (Å²) < 4.78 is 0. The monoisotopic (exact) mass is 234 g/mol. The van der Waals surface area contributed by atoms with Crippen LogP contribution in [0.5, 0.6) is 0 Å². The van der Waals surface area contributed by atoms with Gasteiger partial charge in [-0.15, -0.1) is 11.3 Å². The van der Waals surface area contributed by atoms with Crippen molar-refractivity contribution in [3.8, 4) is 6.07 Å². The van der Waals surface area contributed by atoms with Crippen LogP contribution >= 0.6 is 11.3 Å². The molecule has 0 bridgehead atoms. The molecule has 1 N–H and O–H groups in total. The summed E-state index contributed by atoms with van der Waals surface area (Å²) in [4.78, 5) is 13.1. The molecule has 16 heavy (non-hydrogen) atoms. The molecule has 1 aliphatic carbocycles. The molecule has 3 nitrogen and oxygen atoms in total. The second kappa shape index (κ2) is 4.26. The molecule has 0 spiro atoms. The van der Waals surface area contributed by atoms with Gasteiger partial charge in [-0.3, -0.25) is 4.79 Å². The van der Waals surface area contributed by atoms with Gasteiger partial charge in [-0.05, 0) is 30.7 Å². The molecule has 0 saturated heterocycles. The molecule has 2 rings (SSSR count). The Morgan fingerprint density at radius 2 is 2.50 bits per heavy atom. The largest absolute Gasteiger partial charge is 0.347 e. The molecular formula is C12H14N2OS. The topological polar surface area (TPSA) is 52.9 Å². The van der Waals surface area contributed by atoms with Gasteiger partial charge in [0, 0.05) is 4.88 Å². The first kappa shape index (κ1) is 11.2. The van der Waals surface area contributed by atoms with Gasteiger partial charge < -0.3 is 5.32 Å². The number of rotatable bonds is 4. The van der Waals surface area contributed by atoms with Gasteiger partial charge in [-0.25, -0.2) is 0 Å². The molecule has 1 aromatic heterocycles. The van der Waals surface area contributed by atoms with Gasteiger partial charge in [0.15, 0.2) is 0 Å². The van der Waals surface area contributed by atoms with Crippen molar-refractivity contribution in [1.29, 1.82) is 5.26 Å². The number of carbonyl (C=O) groups is 1. The molecule has 0 aromatic carbocycles. The summed E-state index contributed by atoms with van der Waals surface area (Å²) in [6.07, 6.45) is 2.26. The number of hydrogen-bond acceptors (Lipinski definition) is 3. The van der Waals surface area contributed by atoms with Crippen LogP contribution in [0.15, 0.2) is 17.5 Å². The standard InChI is InChI=1S/C12H14N2OS/c1-2-9(10-4-3-7-16-10)14-11(15)12(8-13)5-6-12/h3-4,7,9H,2,5-6H2,1H3,(H,14,15). The molecule has 0 radical (unpaired) electrons. The van der Waals surface area contributed by atoms with Crippen molar-refractivity contribution < 1.29 is 4.79 Å². The lowest BCUT2D eigenvalue weighted by molar-refractivity contribution is -0.125. The zero-order chi connectivity index (χ0) is 11.6. The van der Waals surface area contributed by atoms with E-state index >= 15 is 0 Å². The number of carbonyl (C=O) groups excluding carboxylic acids is 1. The van der Waals surface area contributed by atoms with Gasteiger partial charge in [0.25, 0.3) is 0 Å². The van der Waals surface area contributed by atoms with Crippen LogP contribution in [0, 0.1) is 16.7 Å². The summed E-state index contributed by atoms with van der Waals surface area (Å²) in [5.41, 5.74) is -0.718. The van der Waals surface area contributed by atoms with Gasteiger partial charge in [0.1, 0.15) is 5.41 Å². The molecule has 0 aliphatic heterocycles. The van der Waals surface area contributed by atoms with Crippen molar-refractivity contribution in [2.45, 2.75) is 32.2 Å². The predicted molar refractivity (Wildman–Crippen MR) is 62.8 cm³/mol. The van der Waals surface area contributed by atoms with E-state index in [-0.39, 0.29) is 11.9 Å². The first-order valence-electron chi connectivity index (χ1n) is 5.47. The van der Waals surface area contributed by atoms with Crippen molar-refractivity contribution >= 4 is 17.2 Å². The van der Waals surface area contributed by atoms with E-state index in [0.29, 0.717) is 12.8 Å². The predicted octanol–water partition coefficient (Wildman–Crippen LogP) is 2.62. The Labute approximate surface area is 99.1 Å². The maximum Gasteiger partial charge on any atom is 0.240 e. The van der Waals surface area contributed by atoms with Crippen LogP contribution < -0.4 is 5.32 Å². The fourth-order valence-electron chi connectivity index (χ4n) is 1.67. The van der Waals surface area contributed by atoms with Crippen molar-refractivity contribution in [3.05, 3.63) is 22.4 Å². The minimum absolute atomic E-state index is 0.0540. The Balaban J connectivity index is 2.04. The number of nitrogens with zero attached hydrogens (tertiary/aromatic N) is 1. The minimum Gasteiger partial charge on any atom is -0.347 e. The molecule has 1 amide bonds. The third kappa shape index (κ3) is 1.96. The molecule has 4 heteroatoms. The molecule has 1 saturated carbocycles. The molecule has 1 fully saturated rings. The Hall–Kier alpha value is -1.34. The van der Waals surface area contributed by atoms with Crippen LogP contribution in [0.2, 0.25) is 0 Å². The molecular weight excluding hydrogens is 220 g/mol. The number of nitriles is 1. The zero-order valence-electron chi connectivity index (χ0n) is 9.19. The summed E-state index contributed by atoms with van der Waals surface area (Å²) in [6.45, 7) is 2.04. The maximum absolute atomic E-state index is 11.9. The van der Waals surface area contributed by atoms with E-state index in [1.54, 1.807) is 11.3 Å². The second-order valence-electron chi connectivity index (χ2n) is 4.14. The third-order valence-electron chi connectivity index (χ3n) is 3.00. The highest BCUT2D eigenvalue weighted by atomic mass is 32.1. The van der Waals surface area contributed by atoms with E-state index in [9.17, 15) is 4.79 Å². The zero-order valence-corrected chi connectivity index (χ0v) is 10.0. The van der Waals surface area contributed by atoms with Gasteiger partial charge in [-0.2, -0.15) is 5.26 Å². The van der Waals surface area contributed by atoms with E-state index in [1.807, 2.05) is 24.4 Å². The van der Waals surface area contributed by atoms with E-state index in [1.165, 1.54) is 0 Å². The van der Waals surface area contributed by atoms with Crippen LogP contribution in [0.3, 0.4) is 0 Å². The van der Waals surface area contributed by atoms with Crippen molar-refractivity contribution in [2.24, 2.45) is 5.41 Å². The summed E-state index contributed by atoms with van der Waals surface area (Å²) in [7, 11) is 0. The Kier molecular flexibility index (Phi) is 2.97. The second-order valence-corrected chi connectivity index (χ2v) is 5.12. The van der Waals surface area contributed by atoms with Gasteiger partial charge in [0.2, 0.25) is 5.91 Å². The van der Waals surface area contributed by atoms with Crippen LogP contribution in [0.1, 0.15) is 37.1 Å². The smallest absolute Gasteiger partial charge is 0.240 e. The molecule has 1 aromatic rings. The van der Waals surface area contributed by atoms with Crippen molar-refractivity contribution in [1.82, 2.24) is 5.32 Å². The number of amides is 1. The lowest BCUT2D eigenvalue weighted by Gasteiger charge is -2.17. The summed E-state index contributed by atoms with van der Waals surface area (Å²) in [5.74, 6) is -0.102. The van der Waals surface area contributed by atoms with Crippen LogP contribution in [0.25, 0.3) is 0 Å². The van der Waals surface area contributed by atoms with Crippen molar-refractivity contribution in [2.75, 3.05) is 0 Å². The van der Waals surface area contributed by atoms with E-state index < -0.39 is 5.41 Å². The normalized spacial score (nSPS) is 18.5. The lowest BCUT2D eigenvalue weighted by atomic mass is 10.1. The van der Waals surface area contributed by atoms with E-state index in [2.05, 4.69) is 11.4 Å². The Bertz CT molecular complexity index is 415. The molecule has 1 atom stereocenters. The summed E-state index contributed by atoms with van der Waals surface area (Å²) in [5, 5.41) is 13.9. The SMILES string of the molecule is CCC(NC(=O)C1(C#N)CC1)c1cccs1. The van der Waals surface area contributed by atoms with Gasteiger partial charge >= 0.3 is 0 Å². The minimum atomic E-state index is -0.718. The first-order valence-corrected chi connectivity index (χ1v) is 6.35. The summed E-state index contributed by atoms with van der Waals surface area (Å²) >= 11 is 1.64. The number of hydrogen-bond donors (Lipinski definition) is 1. The van der Waals surface area contributed by atoms with Crippen LogP contribution in [0.4, 0.5) is 0 Å². The third-order valence-corrected chi connectivity index (χ3v) is 3.98. The maximum atomic E-state index is 11.9. The van der Waals surface area contributed by atoms with Crippen LogP contribution in [-0.4, -0.2) is 5.91 Å². The van der Waals surface area contributed by atoms with E-state index in [4.69, 9.17) is 5.26 Å². The fraction of sp³-hybridized carbons (Fsp3) is 0.500. The molecule has 1 heterocycles. The highest BCUT2D eigenvalue weighted by Gasteiger charge is 2.51. The van der Waals surface area contributed by atoms with E-state index in [0.717, 1.165) is 11.3 Å². The summed E-state index contributed by atoms with van der Waals surface area (Å²) in [6, 6.07) is 6.17. The van der Waals surface area contributed by atoms with Crippen molar-refractivity contribution in [3.63, 3.8) is 0 Å². The first-order chi connectivity index (χ1) is 7.72. The average Bonchev–Trinajstić information content (AvgIpc) is 2.93. The van der Waals surface area contributed by atoms with Gasteiger partial charge in [-0.1, -0.05) is 13.0 Å². The Morgan fingerprint density at radius 3 is 2.94 bits per heavy atom. The number of nitrogens with one attached hydrogen (secondary N) is 1. The fourth-order valence-corrected chi connectivity index (χ4v) is 2.54. The molecule has 84 valence electrons. The highest BCUT2D eigenvalue weighted by Crippen LogP contribution is 2.45. The lowest BCUT2D eigenvalue weighted by Crippen LogP contribution is -2.33. The highest BCUT2D eigenvalue weighted by molar-refractivity contribution is 7.10. The number of thiophene rings is 1. The quantitative estimate of drug-likeness (QED) is 0.870.